The number of hydrogen-bond acceptors (Lipinski definition) is 1. The summed E-state index contributed by atoms with van der Waals surface area (Å²) in [5, 5.41) is 0. The average Bonchev–Trinajstić information content (AvgIpc) is 2.52. The maximum atomic E-state index is 4.86. The van der Waals surface area contributed by atoms with Gasteiger partial charge >= 0.3 is 0 Å². The van der Waals surface area contributed by atoms with Gasteiger partial charge < -0.3 is 0 Å². The maximum Gasteiger partial charge on any atom is 0.0711 e. The van der Waals surface area contributed by atoms with Crippen LogP contribution in [0.1, 0.15) is 27.2 Å². The van der Waals surface area contributed by atoms with Crippen LogP contribution in [-0.4, -0.2) is 5.71 Å². The number of para-hydroxylation sites is 1. The van der Waals surface area contributed by atoms with Crippen molar-refractivity contribution >= 4 is 11.4 Å². The lowest BCUT2D eigenvalue weighted by atomic mass is 10.0. The molecule has 0 amide bonds. The summed E-state index contributed by atoms with van der Waals surface area (Å²) in [5.41, 5.74) is 4.54. The van der Waals surface area contributed by atoms with Crippen LogP contribution < -0.4 is 0 Å². The first-order valence-corrected chi connectivity index (χ1v) is 7.61. The van der Waals surface area contributed by atoms with E-state index in [-0.39, 0.29) is 0 Å². The average molecular weight is 277 g/mol. The smallest absolute Gasteiger partial charge is 0.0711 e. The fourth-order valence-corrected chi connectivity index (χ4v) is 2.13. The van der Waals surface area contributed by atoms with E-state index in [0.717, 1.165) is 17.8 Å². The van der Waals surface area contributed by atoms with Gasteiger partial charge in [-0.3, -0.25) is 4.99 Å². The molecule has 0 N–H and O–H groups in total. The maximum absolute atomic E-state index is 4.86. The Hall–Kier alpha value is -2.15. The zero-order chi connectivity index (χ0) is 15.1. The highest BCUT2D eigenvalue weighted by Gasteiger charge is 2.03. The van der Waals surface area contributed by atoms with Crippen LogP contribution in [0.4, 0.5) is 5.69 Å². The topological polar surface area (TPSA) is 12.4 Å². The van der Waals surface area contributed by atoms with E-state index in [1.807, 2.05) is 12.1 Å². The van der Waals surface area contributed by atoms with E-state index >= 15 is 0 Å². The Bertz CT molecular complexity index is 621. The van der Waals surface area contributed by atoms with Crippen LogP contribution in [-0.2, 0) is 0 Å². The van der Waals surface area contributed by atoms with E-state index in [2.05, 4.69) is 75.4 Å². The van der Waals surface area contributed by atoms with Gasteiger partial charge in [-0.2, -0.15) is 0 Å². The number of nitrogens with zero attached hydrogens (tertiary/aromatic N) is 1. The Labute approximate surface area is 128 Å². The third-order valence-electron chi connectivity index (χ3n) is 3.29. The van der Waals surface area contributed by atoms with E-state index in [1.165, 1.54) is 11.1 Å². The van der Waals surface area contributed by atoms with Gasteiger partial charge in [0.05, 0.1) is 5.69 Å². The van der Waals surface area contributed by atoms with Crippen molar-refractivity contribution in [3.05, 3.63) is 66.7 Å². The molecule has 21 heavy (non-hydrogen) atoms. The van der Waals surface area contributed by atoms with Gasteiger partial charge in [0.15, 0.2) is 0 Å². The van der Waals surface area contributed by atoms with Crippen molar-refractivity contribution in [2.24, 2.45) is 10.9 Å². The molecule has 0 saturated carbocycles. The molecule has 0 aliphatic carbocycles. The summed E-state index contributed by atoms with van der Waals surface area (Å²) in [6.45, 7) is 6.51. The van der Waals surface area contributed by atoms with E-state index in [1.54, 1.807) is 0 Å². The van der Waals surface area contributed by atoms with Crippen LogP contribution >= 0.6 is 0 Å². The van der Waals surface area contributed by atoms with E-state index in [0.29, 0.717) is 5.92 Å². The normalized spacial score (nSPS) is 12.3. The van der Waals surface area contributed by atoms with Crippen molar-refractivity contribution in [3.8, 4) is 11.1 Å². The third-order valence-corrected chi connectivity index (χ3v) is 3.29. The molecule has 0 spiro atoms. The summed E-state index contributed by atoms with van der Waals surface area (Å²) in [5.74, 6) is 0.547. The van der Waals surface area contributed by atoms with Gasteiger partial charge in [0.1, 0.15) is 0 Å². The van der Waals surface area contributed by atoms with Gasteiger partial charge in [0.25, 0.3) is 0 Å². The fraction of sp³-hybridized carbons (Fsp3) is 0.250. The molecule has 108 valence electrons. The molecule has 0 radical (unpaired) electrons. The van der Waals surface area contributed by atoms with Gasteiger partial charge in [-0.05, 0) is 30.0 Å². The highest BCUT2D eigenvalue weighted by atomic mass is 14.7. The zero-order valence-electron chi connectivity index (χ0n) is 13.1. The molecule has 0 aromatic heterocycles. The Morgan fingerprint density at radius 2 is 1.67 bits per heavy atom. The molecule has 0 heterocycles. The predicted molar refractivity (Wildman–Crippen MR) is 93.2 cm³/mol. The Morgan fingerprint density at radius 1 is 1.00 bits per heavy atom. The molecule has 0 saturated heterocycles. The monoisotopic (exact) mass is 277 g/mol. The molecule has 2 aromatic rings. The van der Waals surface area contributed by atoms with Crippen molar-refractivity contribution in [1.29, 1.82) is 0 Å². The summed E-state index contributed by atoms with van der Waals surface area (Å²) >= 11 is 0. The summed E-state index contributed by atoms with van der Waals surface area (Å²) in [6.07, 6.45) is 5.28. The number of benzene rings is 2. The first kappa shape index (κ1) is 15.2. The SMILES string of the molecule is CCC(C=CC(C)C)=Nc1ccccc1-c1ccccc1. The first-order valence-electron chi connectivity index (χ1n) is 7.61. The molecule has 1 nitrogen and oxygen atoms in total. The molecular formula is C20H23N. The number of allylic oxidation sites excluding steroid dienone is 2. The zero-order valence-corrected chi connectivity index (χ0v) is 13.1. The lowest BCUT2D eigenvalue weighted by Gasteiger charge is -2.07. The molecule has 0 aliphatic heterocycles. The number of rotatable bonds is 5. The second kappa shape index (κ2) is 7.58. The summed E-state index contributed by atoms with van der Waals surface area (Å²) < 4.78 is 0. The molecule has 1 heteroatoms. The predicted octanol–water partition coefficient (Wildman–Crippen LogP) is 6.05. The minimum atomic E-state index is 0.547. The van der Waals surface area contributed by atoms with Crippen molar-refractivity contribution in [2.45, 2.75) is 27.2 Å². The molecule has 0 atom stereocenters. The third kappa shape index (κ3) is 4.42. The molecule has 0 fully saturated rings. The van der Waals surface area contributed by atoms with E-state index < -0.39 is 0 Å². The highest BCUT2D eigenvalue weighted by molar-refractivity contribution is 5.97. The minimum Gasteiger partial charge on any atom is -0.253 e. The van der Waals surface area contributed by atoms with Crippen LogP contribution in [0.25, 0.3) is 11.1 Å². The highest BCUT2D eigenvalue weighted by Crippen LogP contribution is 2.30. The van der Waals surface area contributed by atoms with E-state index in [9.17, 15) is 0 Å². The Kier molecular flexibility index (Phi) is 5.51. The summed E-state index contributed by atoms with van der Waals surface area (Å²) in [4.78, 5) is 4.86. The molecule has 0 aliphatic rings. The van der Waals surface area contributed by atoms with Crippen LogP contribution in [0.15, 0.2) is 71.7 Å². The summed E-state index contributed by atoms with van der Waals surface area (Å²) in [6, 6.07) is 18.8. The molecule has 2 rings (SSSR count). The van der Waals surface area contributed by atoms with Crippen molar-refractivity contribution in [2.75, 3.05) is 0 Å². The Balaban J connectivity index is 2.40. The van der Waals surface area contributed by atoms with Gasteiger partial charge in [-0.1, -0.05) is 75.4 Å². The van der Waals surface area contributed by atoms with Crippen molar-refractivity contribution < 1.29 is 0 Å². The van der Waals surface area contributed by atoms with Gasteiger partial charge in [0, 0.05) is 11.3 Å². The first-order chi connectivity index (χ1) is 10.2. The number of hydrogen-bond donors (Lipinski definition) is 0. The lowest BCUT2D eigenvalue weighted by molar-refractivity contribution is 0.832. The summed E-state index contributed by atoms with van der Waals surface area (Å²) in [7, 11) is 0. The molecule has 2 aromatic carbocycles. The van der Waals surface area contributed by atoms with Crippen LogP contribution in [0.2, 0.25) is 0 Å². The molecule has 0 unspecified atom stereocenters. The van der Waals surface area contributed by atoms with Gasteiger partial charge in [-0.25, -0.2) is 0 Å². The van der Waals surface area contributed by atoms with Crippen LogP contribution in [0.3, 0.4) is 0 Å². The van der Waals surface area contributed by atoms with E-state index in [4.69, 9.17) is 4.99 Å². The van der Waals surface area contributed by atoms with Crippen LogP contribution in [0, 0.1) is 5.92 Å². The fourth-order valence-electron chi connectivity index (χ4n) is 2.13. The van der Waals surface area contributed by atoms with Gasteiger partial charge in [0.2, 0.25) is 0 Å². The standard InChI is InChI=1S/C20H23N/c1-4-18(15-14-16(2)3)21-20-13-9-8-12-19(20)17-10-6-5-7-11-17/h5-16H,4H2,1-3H3. The molecule has 0 bridgehead atoms. The number of aliphatic imine (C=N–C) groups is 1. The minimum absolute atomic E-state index is 0.547. The Morgan fingerprint density at radius 3 is 2.33 bits per heavy atom. The largest absolute Gasteiger partial charge is 0.253 e. The van der Waals surface area contributed by atoms with Crippen molar-refractivity contribution in [3.63, 3.8) is 0 Å². The van der Waals surface area contributed by atoms with Gasteiger partial charge in [-0.15, -0.1) is 0 Å². The molecular weight excluding hydrogens is 254 g/mol. The van der Waals surface area contributed by atoms with Crippen molar-refractivity contribution in [1.82, 2.24) is 0 Å². The lowest BCUT2D eigenvalue weighted by Crippen LogP contribution is -1.92. The quantitative estimate of drug-likeness (QED) is 0.590. The second-order valence-electron chi connectivity index (χ2n) is 5.44. The second-order valence-corrected chi connectivity index (χ2v) is 5.44. The van der Waals surface area contributed by atoms with Crippen LogP contribution in [0.5, 0.6) is 0 Å².